The van der Waals surface area contributed by atoms with Gasteiger partial charge in [0.1, 0.15) is 0 Å². The molecule has 0 spiro atoms. The molecule has 0 fully saturated rings. The summed E-state index contributed by atoms with van der Waals surface area (Å²) in [5.41, 5.74) is -0.674. The molecule has 0 aromatic heterocycles. The molecule has 0 saturated carbocycles. The molecule has 0 rings (SSSR count). The molecule has 5 nitrogen and oxygen atoms in total. The highest BCUT2D eigenvalue weighted by atomic mass is 17.1. The lowest BCUT2D eigenvalue weighted by molar-refractivity contribution is -0.230. The summed E-state index contributed by atoms with van der Waals surface area (Å²) < 4.78 is 0. The average Bonchev–Trinajstić information content (AvgIpc) is 2.12. The van der Waals surface area contributed by atoms with Crippen LogP contribution < -0.4 is 0 Å². The van der Waals surface area contributed by atoms with Crippen molar-refractivity contribution in [1.82, 2.24) is 0 Å². The van der Waals surface area contributed by atoms with Gasteiger partial charge in [-0.3, -0.25) is 4.89 Å². The fourth-order valence-electron chi connectivity index (χ4n) is 1.46. The number of carboxylic acid groups (broad SMARTS) is 1. The number of hydrogen-bond acceptors (Lipinski definition) is 4. The Morgan fingerprint density at radius 2 is 1.93 bits per heavy atom. The Labute approximate surface area is 88.3 Å². The molecule has 0 bridgehead atoms. The minimum absolute atomic E-state index is 0.0423. The van der Waals surface area contributed by atoms with E-state index in [0.717, 1.165) is 12.5 Å². The van der Waals surface area contributed by atoms with E-state index in [1.165, 1.54) is 0 Å². The molecule has 0 aliphatic heterocycles. The molecular formula is C10H16O5. The lowest BCUT2D eigenvalue weighted by Crippen LogP contribution is -2.23. The average molecular weight is 216 g/mol. The lowest BCUT2D eigenvalue weighted by atomic mass is 9.80. The van der Waals surface area contributed by atoms with Crippen LogP contribution in [0.3, 0.4) is 0 Å². The van der Waals surface area contributed by atoms with Crippen LogP contribution in [0, 0.1) is 5.41 Å². The molecule has 86 valence electrons. The first-order valence-corrected chi connectivity index (χ1v) is 4.66. The van der Waals surface area contributed by atoms with Crippen molar-refractivity contribution in [3.05, 3.63) is 11.6 Å². The summed E-state index contributed by atoms with van der Waals surface area (Å²) in [4.78, 5) is 25.3. The third kappa shape index (κ3) is 4.12. The molecule has 0 aliphatic carbocycles. The molecule has 0 aromatic rings. The summed E-state index contributed by atoms with van der Waals surface area (Å²) in [5, 5.41) is 16.9. The van der Waals surface area contributed by atoms with Crippen LogP contribution in [-0.4, -0.2) is 22.3 Å². The summed E-state index contributed by atoms with van der Waals surface area (Å²) in [7, 11) is 0. The quantitative estimate of drug-likeness (QED) is 0.416. The number of carboxylic acids is 1. The number of aliphatic carboxylic acids is 1. The summed E-state index contributed by atoms with van der Waals surface area (Å²) >= 11 is 0. The monoisotopic (exact) mass is 216 g/mol. The molecule has 5 heteroatoms. The molecule has 0 aliphatic rings. The van der Waals surface area contributed by atoms with Gasteiger partial charge in [0.2, 0.25) is 0 Å². The fourth-order valence-corrected chi connectivity index (χ4v) is 1.46. The molecule has 2 N–H and O–H groups in total. The highest BCUT2D eigenvalue weighted by molar-refractivity contribution is 5.96. The van der Waals surface area contributed by atoms with Crippen molar-refractivity contribution in [3.8, 4) is 0 Å². The predicted molar refractivity (Wildman–Crippen MR) is 53.1 cm³/mol. The predicted octanol–water partition coefficient (Wildman–Crippen LogP) is 1.84. The molecular weight excluding hydrogens is 200 g/mol. The Morgan fingerprint density at radius 1 is 1.40 bits per heavy atom. The van der Waals surface area contributed by atoms with Gasteiger partial charge in [0.15, 0.2) is 0 Å². The van der Waals surface area contributed by atoms with Crippen molar-refractivity contribution in [2.24, 2.45) is 5.41 Å². The van der Waals surface area contributed by atoms with Gasteiger partial charge in [-0.2, -0.15) is 5.26 Å². The normalized spacial score (nSPS) is 12.4. The third-order valence-electron chi connectivity index (χ3n) is 2.17. The molecule has 0 amide bonds. The molecule has 0 unspecified atom stereocenters. The van der Waals surface area contributed by atoms with Crippen molar-refractivity contribution in [2.75, 3.05) is 0 Å². The molecule has 0 aromatic carbocycles. The second-order valence-electron chi connectivity index (χ2n) is 3.91. The fraction of sp³-hybridized carbons (Fsp3) is 0.600. The third-order valence-corrected chi connectivity index (χ3v) is 2.17. The zero-order chi connectivity index (χ0) is 12.1. The first-order chi connectivity index (χ1) is 6.85. The summed E-state index contributed by atoms with van der Waals surface area (Å²) in [5.74, 6) is -2.25. The first-order valence-electron chi connectivity index (χ1n) is 4.66. The number of rotatable bonds is 5. The van der Waals surface area contributed by atoms with E-state index in [-0.39, 0.29) is 5.57 Å². The number of hydrogen-bond donors (Lipinski definition) is 2. The van der Waals surface area contributed by atoms with Crippen molar-refractivity contribution >= 4 is 11.9 Å². The standard InChI is InChI=1S/C10H16O5/c1-4-5-10(2,3)7(6-8(11)12)9(13)15-14/h6,14H,4-5H2,1-3H3,(H,11,12)/b7-6+. The van der Waals surface area contributed by atoms with Crippen LogP contribution >= 0.6 is 0 Å². The van der Waals surface area contributed by atoms with E-state index in [1.54, 1.807) is 13.8 Å². The van der Waals surface area contributed by atoms with Crippen LogP contribution in [0.5, 0.6) is 0 Å². The Hall–Kier alpha value is -1.36. The van der Waals surface area contributed by atoms with Gasteiger partial charge in [-0.15, -0.1) is 0 Å². The summed E-state index contributed by atoms with van der Waals surface area (Å²) in [6.45, 7) is 5.37. The SMILES string of the molecule is CCCC(C)(C)/C(=C/C(=O)O)C(=O)OO. The Bertz CT molecular complexity index is 278. The largest absolute Gasteiger partial charge is 0.478 e. The highest BCUT2D eigenvalue weighted by Crippen LogP contribution is 2.32. The van der Waals surface area contributed by atoms with E-state index in [2.05, 4.69) is 4.89 Å². The van der Waals surface area contributed by atoms with Crippen LogP contribution in [0.4, 0.5) is 0 Å². The van der Waals surface area contributed by atoms with E-state index in [1.807, 2.05) is 6.92 Å². The summed E-state index contributed by atoms with van der Waals surface area (Å²) in [6, 6.07) is 0. The molecule has 0 saturated heterocycles. The maximum atomic E-state index is 11.2. The van der Waals surface area contributed by atoms with Crippen molar-refractivity contribution < 1.29 is 24.8 Å². The van der Waals surface area contributed by atoms with Crippen molar-refractivity contribution in [1.29, 1.82) is 0 Å². The van der Waals surface area contributed by atoms with Gasteiger partial charge in [0.25, 0.3) is 0 Å². The first kappa shape index (κ1) is 13.6. The van der Waals surface area contributed by atoms with Gasteiger partial charge >= 0.3 is 11.9 Å². The molecule has 0 radical (unpaired) electrons. The second-order valence-corrected chi connectivity index (χ2v) is 3.91. The smallest absolute Gasteiger partial charge is 0.369 e. The Morgan fingerprint density at radius 3 is 2.27 bits per heavy atom. The van der Waals surface area contributed by atoms with Gasteiger partial charge in [0.05, 0.1) is 5.57 Å². The van der Waals surface area contributed by atoms with Crippen LogP contribution in [-0.2, 0) is 14.5 Å². The Kier molecular flexibility index (Phi) is 5.00. The van der Waals surface area contributed by atoms with Gasteiger partial charge in [0, 0.05) is 6.08 Å². The van der Waals surface area contributed by atoms with Crippen LogP contribution in [0.15, 0.2) is 11.6 Å². The molecule has 15 heavy (non-hydrogen) atoms. The van der Waals surface area contributed by atoms with Crippen LogP contribution in [0.25, 0.3) is 0 Å². The minimum Gasteiger partial charge on any atom is -0.478 e. The van der Waals surface area contributed by atoms with Gasteiger partial charge in [-0.1, -0.05) is 27.2 Å². The molecule has 0 heterocycles. The highest BCUT2D eigenvalue weighted by Gasteiger charge is 2.30. The zero-order valence-electron chi connectivity index (χ0n) is 9.11. The number of carbonyl (C=O) groups excluding carboxylic acids is 1. The van der Waals surface area contributed by atoms with Crippen molar-refractivity contribution in [2.45, 2.75) is 33.6 Å². The van der Waals surface area contributed by atoms with Gasteiger partial charge in [-0.05, 0) is 11.8 Å². The summed E-state index contributed by atoms with van der Waals surface area (Å²) in [6.07, 6.45) is 2.19. The Balaban J connectivity index is 5.10. The second kappa shape index (κ2) is 5.50. The van der Waals surface area contributed by atoms with Crippen molar-refractivity contribution in [3.63, 3.8) is 0 Å². The van der Waals surface area contributed by atoms with Gasteiger partial charge < -0.3 is 5.11 Å². The lowest BCUT2D eigenvalue weighted by Gasteiger charge is -2.24. The molecule has 0 atom stereocenters. The maximum Gasteiger partial charge on any atom is 0.369 e. The van der Waals surface area contributed by atoms with Crippen LogP contribution in [0.2, 0.25) is 0 Å². The van der Waals surface area contributed by atoms with E-state index >= 15 is 0 Å². The van der Waals surface area contributed by atoms with E-state index in [9.17, 15) is 9.59 Å². The van der Waals surface area contributed by atoms with Gasteiger partial charge in [-0.25, -0.2) is 9.59 Å². The topological polar surface area (TPSA) is 83.8 Å². The maximum absolute atomic E-state index is 11.2. The van der Waals surface area contributed by atoms with E-state index in [4.69, 9.17) is 10.4 Å². The minimum atomic E-state index is -1.24. The van der Waals surface area contributed by atoms with Crippen LogP contribution in [0.1, 0.15) is 33.6 Å². The van der Waals surface area contributed by atoms with E-state index in [0.29, 0.717) is 6.42 Å². The zero-order valence-corrected chi connectivity index (χ0v) is 9.11. The number of carbonyl (C=O) groups is 2. The van der Waals surface area contributed by atoms with E-state index < -0.39 is 17.4 Å².